The number of nitrogen functional groups attached to an aromatic ring is 2. The number of rotatable bonds is 4. The molecule has 0 aliphatic heterocycles. The molecule has 3 aromatic rings. The summed E-state index contributed by atoms with van der Waals surface area (Å²) in [5.74, 6) is -2.27. The van der Waals surface area contributed by atoms with Crippen molar-refractivity contribution in [2.75, 3.05) is 11.5 Å². The van der Waals surface area contributed by atoms with Gasteiger partial charge in [0, 0.05) is 29.6 Å². The van der Waals surface area contributed by atoms with E-state index in [9.17, 15) is 39.5 Å². The van der Waals surface area contributed by atoms with E-state index in [2.05, 4.69) is 0 Å². The fourth-order valence-corrected chi connectivity index (χ4v) is 2.81. The summed E-state index contributed by atoms with van der Waals surface area (Å²) < 4.78 is 128. The maximum atomic E-state index is 13.3. The summed E-state index contributed by atoms with van der Waals surface area (Å²) in [6.45, 7) is 0. The van der Waals surface area contributed by atoms with Crippen LogP contribution in [0.15, 0.2) is 54.6 Å². The van der Waals surface area contributed by atoms with Gasteiger partial charge in [0.15, 0.2) is 0 Å². The van der Waals surface area contributed by atoms with Gasteiger partial charge >= 0.3 is 18.5 Å². The van der Waals surface area contributed by atoms with Gasteiger partial charge in [-0.15, -0.1) is 0 Å². The van der Waals surface area contributed by atoms with Crippen molar-refractivity contribution < 1.29 is 49.0 Å². The number of halogens is 9. The number of hydrogen-bond donors (Lipinski definition) is 2. The first kappa shape index (κ1) is 24.9. The van der Waals surface area contributed by atoms with E-state index in [1.807, 2.05) is 0 Å². The van der Waals surface area contributed by atoms with Crippen molar-refractivity contribution in [3.8, 4) is 23.0 Å². The molecule has 0 spiro atoms. The van der Waals surface area contributed by atoms with Crippen molar-refractivity contribution in [2.45, 2.75) is 18.5 Å². The standard InChI is InChI=1S/C21H13F9N2O2/c22-19(23,24)10-1-13(31)7-15(3-10)33-17-5-12(21(28,29)30)6-18(9-17)34-16-4-11(20(25,26)27)2-14(32)8-16/h1-9H,31-32H2. The first-order chi connectivity index (χ1) is 15.5. The molecule has 0 fully saturated rings. The Labute approximate surface area is 185 Å². The molecule has 3 aromatic carbocycles. The molecule has 4 nitrogen and oxygen atoms in total. The summed E-state index contributed by atoms with van der Waals surface area (Å²) in [6, 6.07) is 5.94. The number of nitrogens with two attached hydrogens (primary N) is 2. The van der Waals surface area contributed by atoms with E-state index >= 15 is 0 Å². The molecule has 182 valence electrons. The zero-order chi connectivity index (χ0) is 25.5. The fourth-order valence-electron chi connectivity index (χ4n) is 2.81. The van der Waals surface area contributed by atoms with Gasteiger partial charge in [0.1, 0.15) is 23.0 Å². The second-order valence-electron chi connectivity index (χ2n) is 6.97. The van der Waals surface area contributed by atoms with E-state index in [-0.39, 0.29) is 11.4 Å². The van der Waals surface area contributed by atoms with Crippen LogP contribution in [0.2, 0.25) is 0 Å². The van der Waals surface area contributed by atoms with Crippen LogP contribution in [0.25, 0.3) is 0 Å². The van der Waals surface area contributed by atoms with Gasteiger partial charge < -0.3 is 20.9 Å². The Hall–Kier alpha value is -3.77. The van der Waals surface area contributed by atoms with Gasteiger partial charge in [-0.25, -0.2) is 0 Å². The van der Waals surface area contributed by atoms with Crippen molar-refractivity contribution in [2.24, 2.45) is 0 Å². The molecular weight excluding hydrogens is 483 g/mol. The third-order valence-electron chi connectivity index (χ3n) is 4.19. The minimum Gasteiger partial charge on any atom is -0.457 e. The molecule has 0 saturated carbocycles. The minimum absolute atomic E-state index is 0.368. The molecule has 0 aromatic heterocycles. The highest BCUT2D eigenvalue weighted by Gasteiger charge is 2.34. The molecular formula is C21H13F9N2O2. The van der Waals surface area contributed by atoms with Gasteiger partial charge in [-0.3, -0.25) is 0 Å². The Morgan fingerprint density at radius 2 is 0.676 bits per heavy atom. The van der Waals surface area contributed by atoms with Crippen LogP contribution < -0.4 is 20.9 Å². The van der Waals surface area contributed by atoms with E-state index in [4.69, 9.17) is 20.9 Å². The average molecular weight is 496 g/mol. The smallest absolute Gasteiger partial charge is 0.416 e. The lowest BCUT2D eigenvalue weighted by molar-refractivity contribution is -0.138. The van der Waals surface area contributed by atoms with Crippen LogP contribution in [0, 0.1) is 0 Å². The number of hydrogen-bond acceptors (Lipinski definition) is 4. The Kier molecular flexibility index (Phi) is 6.24. The molecule has 0 saturated heterocycles. The lowest BCUT2D eigenvalue weighted by Gasteiger charge is -2.16. The topological polar surface area (TPSA) is 70.5 Å². The molecule has 0 heterocycles. The normalized spacial score (nSPS) is 12.5. The molecule has 34 heavy (non-hydrogen) atoms. The third-order valence-corrected chi connectivity index (χ3v) is 4.19. The Morgan fingerprint density at radius 3 is 0.971 bits per heavy atom. The van der Waals surface area contributed by atoms with E-state index < -0.39 is 58.2 Å². The second-order valence-corrected chi connectivity index (χ2v) is 6.97. The van der Waals surface area contributed by atoms with Crippen LogP contribution in [-0.2, 0) is 18.5 Å². The summed E-state index contributed by atoms with van der Waals surface area (Å²) in [5.41, 5.74) is 6.36. The maximum absolute atomic E-state index is 13.3. The van der Waals surface area contributed by atoms with Crippen LogP contribution in [0.4, 0.5) is 50.9 Å². The van der Waals surface area contributed by atoms with Crippen LogP contribution in [0.1, 0.15) is 16.7 Å². The number of benzene rings is 3. The highest BCUT2D eigenvalue weighted by atomic mass is 19.4. The summed E-state index contributed by atoms with van der Waals surface area (Å²) in [6.07, 6.45) is -14.6. The molecule has 4 N–H and O–H groups in total. The molecule has 0 bridgehead atoms. The minimum atomic E-state index is -4.95. The van der Waals surface area contributed by atoms with E-state index in [1.54, 1.807) is 0 Å². The van der Waals surface area contributed by atoms with Crippen molar-refractivity contribution >= 4 is 11.4 Å². The van der Waals surface area contributed by atoms with Gasteiger partial charge in [0.2, 0.25) is 0 Å². The molecule has 13 heteroatoms. The first-order valence-electron chi connectivity index (χ1n) is 9.04. The zero-order valence-corrected chi connectivity index (χ0v) is 16.6. The Balaban J connectivity index is 2.02. The lowest BCUT2D eigenvalue weighted by Crippen LogP contribution is -2.07. The molecule has 0 unspecified atom stereocenters. The van der Waals surface area contributed by atoms with Gasteiger partial charge in [0.25, 0.3) is 0 Å². The van der Waals surface area contributed by atoms with Crippen LogP contribution >= 0.6 is 0 Å². The number of ether oxygens (including phenoxy) is 2. The van der Waals surface area contributed by atoms with Gasteiger partial charge in [-0.2, -0.15) is 39.5 Å². The van der Waals surface area contributed by atoms with Crippen molar-refractivity contribution in [1.29, 1.82) is 0 Å². The second kappa shape index (κ2) is 8.54. The third kappa shape index (κ3) is 6.17. The summed E-state index contributed by atoms with van der Waals surface area (Å²) in [4.78, 5) is 0. The Bertz CT molecular complexity index is 1120. The van der Waals surface area contributed by atoms with Crippen LogP contribution in [0.5, 0.6) is 23.0 Å². The number of anilines is 2. The summed E-state index contributed by atoms with van der Waals surface area (Å²) >= 11 is 0. The monoisotopic (exact) mass is 496 g/mol. The average Bonchev–Trinajstić information content (AvgIpc) is 2.65. The van der Waals surface area contributed by atoms with E-state index in [0.717, 1.165) is 18.2 Å². The van der Waals surface area contributed by atoms with E-state index in [1.165, 1.54) is 0 Å². The zero-order valence-electron chi connectivity index (χ0n) is 16.6. The van der Waals surface area contributed by atoms with Crippen molar-refractivity contribution in [3.05, 3.63) is 71.3 Å². The van der Waals surface area contributed by atoms with E-state index in [0.29, 0.717) is 36.4 Å². The predicted octanol–water partition coefficient (Wildman–Crippen LogP) is 7.49. The molecule has 0 amide bonds. The van der Waals surface area contributed by atoms with Crippen LogP contribution in [0.3, 0.4) is 0 Å². The summed E-state index contributed by atoms with van der Waals surface area (Å²) in [7, 11) is 0. The number of alkyl halides is 9. The maximum Gasteiger partial charge on any atom is 0.416 e. The van der Waals surface area contributed by atoms with Gasteiger partial charge in [-0.1, -0.05) is 0 Å². The summed E-state index contributed by atoms with van der Waals surface area (Å²) in [5, 5.41) is 0. The largest absolute Gasteiger partial charge is 0.457 e. The SMILES string of the molecule is Nc1cc(Oc2cc(Oc3cc(N)cc(C(F)(F)F)c3)cc(C(F)(F)F)c2)cc(C(F)(F)F)c1. The highest BCUT2D eigenvalue weighted by molar-refractivity contribution is 5.52. The van der Waals surface area contributed by atoms with Gasteiger partial charge in [0.05, 0.1) is 16.7 Å². The Morgan fingerprint density at radius 1 is 0.412 bits per heavy atom. The molecule has 0 atom stereocenters. The van der Waals surface area contributed by atoms with Crippen molar-refractivity contribution in [1.82, 2.24) is 0 Å². The first-order valence-corrected chi connectivity index (χ1v) is 9.04. The molecule has 0 aliphatic carbocycles. The predicted molar refractivity (Wildman–Crippen MR) is 103 cm³/mol. The molecule has 0 radical (unpaired) electrons. The fraction of sp³-hybridized carbons (Fsp3) is 0.143. The lowest BCUT2D eigenvalue weighted by atomic mass is 10.1. The molecule has 0 aliphatic rings. The van der Waals surface area contributed by atoms with Crippen molar-refractivity contribution in [3.63, 3.8) is 0 Å². The van der Waals surface area contributed by atoms with Gasteiger partial charge in [-0.05, 0) is 36.4 Å². The molecule has 3 rings (SSSR count). The quantitative estimate of drug-likeness (QED) is 0.290. The van der Waals surface area contributed by atoms with Crippen LogP contribution in [-0.4, -0.2) is 0 Å². The highest BCUT2D eigenvalue weighted by Crippen LogP contribution is 2.40.